The summed E-state index contributed by atoms with van der Waals surface area (Å²) in [6.45, 7) is 0. The molecule has 0 saturated carbocycles. The van der Waals surface area contributed by atoms with Crippen LogP contribution in [0.4, 0.5) is 17.6 Å². The van der Waals surface area contributed by atoms with Crippen LogP contribution in [0.5, 0.6) is 5.75 Å². The van der Waals surface area contributed by atoms with Crippen LogP contribution in [-0.4, -0.2) is 26.9 Å². The topological polar surface area (TPSA) is 90.9 Å². The number of thiazole rings is 1. The first-order valence-electron chi connectivity index (χ1n) is 7.22. The van der Waals surface area contributed by atoms with Crippen LogP contribution in [0.1, 0.15) is 0 Å². The number of methoxy groups -OCH3 is 1. The van der Waals surface area contributed by atoms with Crippen molar-refractivity contribution in [2.45, 2.75) is 0 Å². The summed E-state index contributed by atoms with van der Waals surface area (Å²) in [6, 6.07) is 15.4. The van der Waals surface area contributed by atoms with Gasteiger partial charge in [0.25, 0.3) is 0 Å². The number of nitrogens with two attached hydrogens (primary N) is 1. The van der Waals surface area contributed by atoms with Crippen LogP contribution in [0.3, 0.4) is 0 Å². The molecule has 120 valence electrons. The molecule has 8 heteroatoms. The predicted octanol–water partition coefficient (Wildman–Crippen LogP) is 3.21. The molecule has 0 fully saturated rings. The molecule has 2 heterocycles. The molecule has 0 radical (unpaired) electrons. The predicted molar refractivity (Wildman–Crippen MR) is 95.2 cm³/mol. The lowest BCUT2D eigenvalue weighted by molar-refractivity contribution is 0.415. The number of para-hydroxylation sites is 1. The van der Waals surface area contributed by atoms with Gasteiger partial charge in [-0.3, -0.25) is 0 Å². The molecule has 0 aliphatic rings. The maximum atomic E-state index is 5.99. The number of hydrogen-bond donors (Lipinski definition) is 2. The number of benzene rings is 2. The average Bonchev–Trinajstić information content (AvgIpc) is 3.18. The van der Waals surface area contributed by atoms with Gasteiger partial charge in [0, 0.05) is 5.69 Å². The summed E-state index contributed by atoms with van der Waals surface area (Å²) >= 11 is 1.51. The fraction of sp³-hybridized carbons (Fsp3) is 0.0625. The van der Waals surface area contributed by atoms with Crippen molar-refractivity contribution in [2.75, 3.05) is 18.2 Å². The van der Waals surface area contributed by atoms with Crippen molar-refractivity contribution in [1.29, 1.82) is 0 Å². The van der Waals surface area contributed by atoms with E-state index in [0.717, 1.165) is 21.7 Å². The van der Waals surface area contributed by atoms with Crippen molar-refractivity contribution in [3.05, 3.63) is 48.5 Å². The summed E-state index contributed by atoms with van der Waals surface area (Å²) in [6.07, 6.45) is 0. The molecule has 0 bridgehead atoms. The standard InChI is InChI=1S/C16H14N6OS/c1-23-11-8-6-10(7-9-11)18-15-20-14(17)22(21-15)16-19-12-4-2-3-5-13(12)24-16/h2-9H,1H3,(H3,17,18,20,21). The maximum absolute atomic E-state index is 5.99. The first kappa shape index (κ1) is 14.5. The second-order valence-corrected chi connectivity index (χ2v) is 6.03. The second kappa shape index (κ2) is 5.82. The molecule has 0 atom stereocenters. The van der Waals surface area contributed by atoms with E-state index in [0.29, 0.717) is 11.1 Å². The molecule has 0 saturated heterocycles. The molecule has 0 unspecified atom stereocenters. The Morgan fingerprint density at radius 2 is 1.88 bits per heavy atom. The molecule has 0 spiro atoms. The highest BCUT2D eigenvalue weighted by molar-refractivity contribution is 7.20. The van der Waals surface area contributed by atoms with Crippen LogP contribution in [0, 0.1) is 0 Å². The number of ether oxygens (including phenoxy) is 1. The van der Waals surface area contributed by atoms with Crippen LogP contribution in [0.25, 0.3) is 15.3 Å². The number of fused-ring (bicyclic) bond motifs is 1. The highest BCUT2D eigenvalue weighted by atomic mass is 32.1. The number of rotatable bonds is 4. The van der Waals surface area contributed by atoms with Gasteiger partial charge in [0.1, 0.15) is 5.75 Å². The van der Waals surface area contributed by atoms with Gasteiger partial charge in [-0.15, -0.1) is 5.10 Å². The van der Waals surface area contributed by atoms with Crippen LogP contribution in [-0.2, 0) is 0 Å². The Labute approximate surface area is 141 Å². The Morgan fingerprint density at radius 1 is 1.08 bits per heavy atom. The van der Waals surface area contributed by atoms with Gasteiger partial charge in [0.05, 0.1) is 17.3 Å². The van der Waals surface area contributed by atoms with Crippen molar-refractivity contribution >= 4 is 39.1 Å². The van der Waals surface area contributed by atoms with E-state index in [1.165, 1.54) is 16.0 Å². The summed E-state index contributed by atoms with van der Waals surface area (Å²) in [4.78, 5) is 8.79. The molecular formula is C16H14N6OS. The summed E-state index contributed by atoms with van der Waals surface area (Å²) < 4.78 is 7.75. The van der Waals surface area contributed by atoms with E-state index in [4.69, 9.17) is 10.5 Å². The quantitative estimate of drug-likeness (QED) is 0.594. The summed E-state index contributed by atoms with van der Waals surface area (Å²) in [5.41, 5.74) is 7.75. The fourth-order valence-electron chi connectivity index (χ4n) is 2.27. The highest BCUT2D eigenvalue weighted by Crippen LogP contribution is 2.26. The Kier molecular flexibility index (Phi) is 3.51. The molecule has 4 aromatic rings. The van der Waals surface area contributed by atoms with E-state index in [9.17, 15) is 0 Å². The van der Waals surface area contributed by atoms with Gasteiger partial charge in [-0.1, -0.05) is 23.5 Å². The van der Waals surface area contributed by atoms with E-state index in [1.54, 1.807) is 7.11 Å². The Balaban J connectivity index is 1.63. The van der Waals surface area contributed by atoms with Crippen LogP contribution < -0.4 is 15.8 Å². The van der Waals surface area contributed by atoms with Crippen LogP contribution in [0.2, 0.25) is 0 Å². The summed E-state index contributed by atoms with van der Waals surface area (Å²) in [7, 11) is 1.63. The molecule has 2 aromatic carbocycles. The summed E-state index contributed by atoms with van der Waals surface area (Å²) in [5, 5.41) is 8.20. The van der Waals surface area contributed by atoms with Gasteiger partial charge in [0.2, 0.25) is 17.0 Å². The Hall–Kier alpha value is -3.13. The molecule has 2 aromatic heterocycles. The highest BCUT2D eigenvalue weighted by Gasteiger charge is 2.13. The van der Waals surface area contributed by atoms with E-state index in [2.05, 4.69) is 20.4 Å². The number of nitrogens with zero attached hydrogens (tertiary/aromatic N) is 4. The van der Waals surface area contributed by atoms with Gasteiger partial charge >= 0.3 is 0 Å². The zero-order chi connectivity index (χ0) is 16.5. The number of nitrogen functional groups attached to an aromatic ring is 1. The van der Waals surface area contributed by atoms with Gasteiger partial charge in [0.15, 0.2) is 0 Å². The molecule has 0 amide bonds. The Morgan fingerprint density at radius 3 is 2.62 bits per heavy atom. The monoisotopic (exact) mass is 338 g/mol. The number of anilines is 3. The Bertz CT molecular complexity index is 958. The molecule has 0 aliphatic carbocycles. The molecule has 24 heavy (non-hydrogen) atoms. The first-order chi connectivity index (χ1) is 11.7. The van der Waals surface area contributed by atoms with E-state index < -0.39 is 0 Å². The molecular weight excluding hydrogens is 324 g/mol. The SMILES string of the molecule is COc1ccc(Nc2nc(N)n(-c3nc4ccccc4s3)n2)cc1. The minimum Gasteiger partial charge on any atom is -0.497 e. The molecule has 0 aliphatic heterocycles. The van der Waals surface area contributed by atoms with Crippen LogP contribution in [0.15, 0.2) is 48.5 Å². The van der Waals surface area contributed by atoms with Gasteiger partial charge in [-0.05, 0) is 36.4 Å². The lowest BCUT2D eigenvalue weighted by atomic mass is 10.3. The van der Waals surface area contributed by atoms with Crippen molar-refractivity contribution in [3.8, 4) is 10.9 Å². The van der Waals surface area contributed by atoms with Crippen molar-refractivity contribution in [3.63, 3.8) is 0 Å². The van der Waals surface area contributed by atoms with Crippen LogP contribution >= 0.6 is 11.3 Å². The third-order valence-electron chi connectivity index (χ3n) is 3.44. The van der Waals surface area contributed by atoms with Gasteiger partial charge in [-0.25, -0.2) is 4.98 Å². The largest absolute Gasteiger partial charge is 0.497 e. The lowest BCUT2D eigenvalue weighted by Gasteiger charge is -2.03. The lowest BCUT2D eigenvalue weighted by Crippen LogP contribution is -2.01. The third kappa shape index (κ3) is 2.63. The zero-order valence-corrected chi connectivity index (χ0v) is 13.6. The van der Waals surface area contributed by atoms with Crippen molar-refractivity contribution < 1.29 is 4.74 Å². The zero-order valence-electron chi connectivity index (χ0n) is 12.8. The normalized spacial score (nSPS) is 10.9. The van der Waals surface area contributed by atoms with Crippen molar-refractivity contribution in [2.24, 2.45) is 0 Å². The van der Waals surface area contributed by atoms with Gasteiger partial charge < -0.3 is 15.8 Å². The average molecular weight is 338 g/mol. The smallest absolute Gasteiger partial charge is 0.248 e. The van der Waals surface area contributed by atoms with Gasteiger partial charge in [-0.2, -0.15) is 9.67 Å². The first-order valence-corrected chi connectivity index (χ1v) is 8.04. The third-order valence-corrected chi connectivity index (χ3v) is 4.45. The van der Waals surface area contributed by atoms with E-state index >= 15 is 0 Å². The number of nitrogens with one attached hydrogen (secondary N) is 1. The minimum absolute atomic E-state index is 0.282. The maximum Gasteiger partial charge on any atom is 0.248 e. The van der Waals surface area contributed by atoms with E-state index in [-0.39, 0.29) is 5.95 Å². The van der Waals surface area contributed by atoms with Crippen molar-refractivity contribution in [1.82, 2.24) is 19.7 Å². The second-order valence-electron chi connectivity index (χ2n) is 5.02. The van der Waals surface area contributed by atoms with E-state index in [1.807, 2.05) is 48.5 Å². The summed E-state index contributed by atoms with van der Waals surface area (Å²) in [5.74, 6) is 1.48. The molecule has 7 nitrogen and oxygen atoms in total. The number of hydrogen-bond acceptors (Lipinski definition) is 7. The minimum atomic E-state index is 0.282. The fourth-order valence-corrected chi connectivity index (χ4v) is 3.20. The molecule has 3 N–H and O–H groups in total. The number of aromatic nitrogens is 4. The molecule has 4 rings (SSSR count).